The first-order valence-corrected chi connectivity index (χ1v) is 5.36. The van der Waals surface area contributed by atoms with E-state index in [1.807, 2.05) is 31.2 Å². The summed E-state index contributed by atoms with van der Waals surface area (Å²) in [7, 11) is 0. The quantitative estimate of drug-likeness (QED) is 0.616. The first kappa shape index (κ1) is 11.4. The van der Waals surface area contributed by atoms with Crippen LogP contribution in [0.3, 0.4) is 0 Å². The third kappa shape index (κ3) is 3.60. The van der Waals surface area contributed by atoms with Crippen LogP contribution in [0, 0.1) is 0 Å². The Hall–Kier alpha value is -0.670. The maximum Gasteiger partial charge on any atom is 0.115 e. The van der Waals surface area contributed by atoms with Gasteiger partial charge in [0.25, 0.3) is 0 Å². The zero-order valence-electron chi connectivity index (χ0n) is 7.74. The number of hydrogen-bond donors (Lipinski definition) is 2. The molecule has 1 aromatic rings. The third-order valence-electron chi connectivity index (χ3n) is 1.63. The molecule has 74 valence electrons. The molecule has 0 heterocycles. The normalized spacial score (nSPS) is 13.1. The Kier molecular flexibility index (Phi) is 4.29. The molecule has 14 heavy (non-hydrogen) atoms. The van der Waals surface area contributed by atoms with E-state index in [0.717, 1.165) is 15.0 Å². The average molecular weight is 271 g/mol. The maximum atomic E-state index is 9.09. The van der Waals surface area contributed by atoms with Gasteiger partial charge in [-0.1, -0.05) is 34.1 Å². The summed E-state index contributed by atoms with van der Waals surface area (Å²) in [6, 6.07) is 6.94. The van der Waals surface area contributed by atoms with E-state index in [1.165, 1.54) is 0 Å². The minimum atomic E-state index is 0.266. The van der Waals surface area contributed by atoms with Crippen LogP contribution in [0.15, 0.2) is 40.9 Å². The fourth-order valence-electron chi connectivity index (χ4n) is 0.922. The van der Waals surface area contributed by atoms with E-state index < -0.39 is 0 Å². The smallest absolute Gasteiger partial charge is 0.115 e. The van der Waals surface area contributed by atoms with E-state index in [4.69, 9.17) is 5.11 Å². The van der Waals surface area contributed by atoms with Gasteiger partial charge in [-0.25, -0.2) is 0 Å². The lowest BCUT2D eigenvalue weighted by Crippen LogP contribution is -1.75. The second-order valence-corrected chi connectivity index (χ2v) is 4.58. The molecule has 1 nitrogen and oxygen atoms in total. The number of phenols is 1. The molecule has 0 bridgehead atoms. The topological polar surface area (TPSA) is 20.2 Å². The minimum Gasteiger partial charge on any atom is -0.508 e. The molecule has 0 radical (unpaired) electrons. The Morgan fingerprint density at radius 2 is 1.86 bits per heavy atom. The van der Waals surface area contributed by atoms with Crippen LogP contribution in [0.4, 0.5) is 0 Å². The van der Waals surface area contributed by atoms with Gasteiger partial charge < -0.3 is 5.11 Å². The fourth-order valence-corrected chi connectivity index (χ4v) is 1.28. The SMILES string of the molecule is C/C(Br)=C\C=C(/S)c1ccc(O)cc1. The summed E-state index contributed by atoms with van der Waals surface area (Å²) in [5, 5.41) is 9.09. The molecular formula is C11H11BrOS. The Bertz CT molecular complexity index is 361. The van der Waals surface area contributed by atoms with Crippen molar-refractivity contribution in [2.75, 3.05) is 0 Å². The molecule has 0 aliphatic rings. The summed E-state index contributed by atoms with van der Waals surface area (Å²) < 4.78 is 1.04. The zero-order chi connectivity index (χ0) is 10.6. The molecule has 0 amide bonds. The zero-order valence-corrected chi connectivity index (χ0v) is 10.2. The number of rotatable bonds is 2. The monoisotopic (exact) mass is 270 g/mol. The van der Waals surface area contributed by atoms with Crippen LogP contribution in [0.25, 0.3) is 4.91 Å². The second-order valence-electron chi connectivity index (χ2n) is 2.85. The van der Waals surface area contributed by atoms with Crippen molar-refractivity contribution in [1.29, 1.82) is 0 Å². The van der Waals surface area contributed by atoms with Crippen LogP contribution >= 0.6 is 28.6 Å². The van der Waals surface area contributed by atoms with Crippen molar-refractivity contribution in [2.24, 2.45) is 0 Å². The number of benzene rings is 1. The van der Waals surface area contributed by atoms with Crippen LogP contribution in [-0.4, -0.2) is 5.11 Å². The lowest BCUT2D eigenvalue weighted by Gasteiger charge is -1.99. The van der Waals surface area contributed by atoms with Crippen molar-refractivity contribution in [1.82, 2.24) is 0 Å². The molecule has 0 aromatic heterocycles. The molecule has 0 aliphatic heterocycles. The Balaban J connectivity index is 2.89. The Labute approximate surface area is 97.7 Å². The maximum absolute atomic E-state index is 9.09. The number of halogens is 1. The predicted molar refractivity (Wildman–Crippen MR) is 67.8 cm³/mol. The highest BCUT2D eigenvalue weighted by Crippen LogP contribution is 2.21. The van der Waals surface area contributed by atoms with Gasteiger partial charge in [0, 0.05) is 4.91 Å². The number of phenolic OH excluding ortho intramolecular Hbond substituents is 1. The molecular weight excluding hydrogens is 260 g/mol. The van der Waals surface area contributed by atoms with Crippen LogP contribution in [0.1, 0.15) is 12.5 Å². The van der Waals surface area contributed by atoms with E-state index in [1.54, 1.807) is 12.1 Å². The van der Waals surface area contributed by atoms with E-state index in [9.17, 15) is 0 Å². The molecule has 3 heteroatoms. The van der Waals surface area contributed by atoms with Gasteiger partial charge in [-0.15, -0.1) is 12.6 Å². The molecule has 0 atom stereocenters. The molecule has 1 rings (SSSR count). The molecule has 1 N–H and O–H groups in total. The molecule has 0 spiro atoms. The van der Waals surface area contributed by atoms with Crippen molar-refractivity contribution in [3.05, 3.63) is 46.5 Å². The van der Waals surface area contributed by atoms with Crippen LogP contribution < -0.4 is 0 Å². The highest BCUT2D eigenvalue weighted by molar-refractivity contribution is 9.11. The van der Waals surface area contributed by atoms with Gasteiger partial charge in [0.15, 0.2) is 0 Å². The van der Waals surface area contributed by atoms with Crippen molar-refractivity contribution < 1.29 is 5.11 Å². The van der Waals surface area contributed by atoms with Gasteiger partial charge in [0.2, 0.25) is 0 Å². The van der Waals surface area contributed by atoms with E-state index in [2.05, 4.69) is 28.6 Å². The summed E-state index contributed by atoms with van der Waals surface area (Å²) >= 11 is 7.67. The van der Waals surface area contributed by atoms with E-state index in [0.29, 0.717) is 0 Å². The lowest BCUT2D eigenvalue weighted by atomic mass is 10.2. The number of hydrogen-bond acceptors (Lipinski definition) is 2. The van der Waals surface area contributed by atoms with E-state index >= 15 is 0 Å². The predicted octanol–water partition coefficient (Wildman–Crippen LogP) is 3.96. The fraction of sp³-hybridized carbons (Fsp3) is 0.0909. The van der Waals surface area contributed by atoms with Gasteiger partial charge in [0.1, 0.15) is 5.75 Å². The summed E-state index contributed by atoms with van der Waals surface area (Å²) in [6.07, 6.45) is 3.83. The molecule has 0 unspecified atom stereocenters. The summed E-state index contributed by atoms with van der Waals surface area (Å²) in [6.45, 7) is 1.95. The molecule has 0 saturated heterocycles. The Morgan fingerprint density at radius 1 is 1.29 bits per heavy atom. The minimum absolute atomic E-state index is 0.266. The molecule has 0 aliphatic carbocycles. The van der Waals surface area contributed by atoms with Crippen LogP contribution in [0.2, 0.25) is 0 Å². The second kappa shape index (κ2) is 5.27. The van der Waals surface area contributed by atoms with Gasteiger partial charge in [-0.3, -0.25) is 0 Å². The first-order chi connectivity index (χ1) is 6.59. The van der Waals surface area contributed by atoms with E-state index in [-0.39, 0.29) is 5.75 Å². The standard InChI is InChI=1S/C11H11BrOS/c1-8(12)2-7-11(14)9-3-5-10(13)6-4-9/h2-7,13-14H,1H3/b8-2+,11-7-. The van der Waals surface area contributed by atoms with Gasteiger partial charge in [0.05, 0.1) is 0 Å². The van der Waals surface area contributed by atoms with Crippen LogP contribution in [-0.2, 0) is 0 Å². The summed E-state index contributed by atoms with van der Waals surface area (Å²) in [4.78, 5) is 0.865. The Morgan fingerprint density at radius 3 is 2.36 bits per heavy atom. The van der Waals surface area contributed by atoms with Crippen molar-refractivity contribution in [3.63, 3.8) is 0 Å². The average Bonchev–Trinajstić information content (AvgIpc) is 2.15. The van der Waals surface area contributed by atoms with Crippen molar-refractivity contribution >= 4 is 33.5 Å². The van der Waals surface area contributed by atoms with Gasteiger partial charge >= 0.3 is 0 Å². The largest absolute Gasteiger partial charge is 0.508 e. The van der Waals surface area contributed by atoms with Gasteiger partial charge in [-0.05, 0) is 35.2 Å². The van der Waals surface area contributed by atoms with Crippen molar-refractivity contribution in [2.45, 2.75) is 6.92 Å². The summed E-state index contributed by atoms with van der Waals surface area (Å²) in [5.41, 5.74) is 0.983. The lowest BCUT2D eigenvalue weighted by molar-refractivity contribution is 0.475. The first-order valence-electron chi connectivity index (χ1n) is 4.12. The van der Waals surface area contributed by atoms with Crippen molar-refractivity contribution in [3.8, 4) is 5.75 Å². The third-order valence-corrected chi connectivity index (χ3v) is 2.31. The number of thiol groups is 1. The number of allylic oxidation sites excluding steroid dienone is 3. The molecule has 0 saturated carbocycles. The highest BCUT2D eigenvalue weighted by Gasteiger charge is 1.94. The summed E-state index contributed by atoms with van der Waals surface area (Å²) in [5.74, 6) is 0.266. The molecule has 1 aromatic carbocycles. The van der Waals surface area contributed by atoms with Crippen LogP contribution in [0.5, 0.6) is 5.75 Å². The highest BCUT2D eigenvalue weighted by atomic mass is 79.9. The molecule has 0 fully saturated rings. The van der Waals surface area contributed by atoms with Gasteiger partial charge in [-0.2, -0.15) is 0 Å². The number of aromatic hydroxyl groups is 1.